The Bertz CT molecular complexity index is 1080. The van der Waals surface area contributed by atoms with E-state index in [1.54, 1.807) is 0 Å². The number of hydrogen-bond donors (Lipinski definition) is 0. The molecule has 4 rings (SSSR count). The molecule has 1 aliphatic heterocycles. The summed E-state index contributed by atoms with van der Waals surface area (Å²) < 4.78 is 5.84. The summed E-state index contributed by atoms with van der Waals surface area (Å²) in [5, 5.41) is 8.88. The van der Waals surface area contributed by atoms with Crippen molar-refractivity contribution in [3.8, 4) is 17.0 Å². The Balaban J connectivity index is 1.32. The van der Waals surface area contributed by atoms with E-state index < -0.39 is 0 Å². The van der Waals surface area contributed by atoms with E-state index in [-0.39, 0.29) is 12.5 Å². The molecule has 1 aliphatic rings. The minimum absolute atomic E-state index is 0.0171. The van der Waals surface area contributed by atoms with Crippen molar-refractivity contribution in [2.24, 2.45) is 0 Å². The quantitative estimate of drug-likeness (QED) is 0.610. The van der Waals surface area contributed by atoms with Crippen molar-refractivity contribution in [3.63, 3.8) is 0 Å². The molecule has 3 aromatic rings. The van der Waals surface area contributed by atoms with Crippen molar-refractivity contribution in [2.45, 2.75) is 27.7 Å². The first-order valence-electron chi connectivity index (χ1n) is 11.1. The normalized spacial score (nSPS) is 13.9. The Morgan fingerprint density at radius 2 is 1.56 bits per heavy atom. The van der Waals surface area contributed by atoms with E-state index in [9.17, 15) is 4.79 Å². The number of para-hydroxylation sites is 1. The predicted octanol–water partition coefficient (Wildman–Crippen LogP) is 4.10. The van der Waals surface area contributed by atoms with Crippen molar-refractivity contribution >= 4 is 11.7 Å². The number of carbonyl (C=O) groups is 1. The summed E-state index contributed by atoms with van der Waals surface area (Å²) in [7, 11) is 0. The molecule has 2 aromatic carbocycles. The zero-order chi connectivity index (χ0) is 22.7. The number of hydrogen-bond acceptors (Lipinski definition) is 5. The maximum Gasteiger partial charge on any atom is 0.260 e. The summed E-state index contributed by atoms with van der Waals surface area (Å²) in [6.45, 7) is 11.0. The molecule has 0 saturated carbocycles. The van der Waals surface area contributed by atoms with Gasteiger partial charge in [-0.3, -0.25) is 4.79 Å². The monoisotopic (exact) mass is 430 g/mol. The molecule has 6 nitrogen and oxygen atoms in total. The third-order valence-corrected chi connectivity index (χ3v) is 6.16. The van der Waals surface area contributed by atoms with E-state index in [2.05, 4.69) is 47.1 Å². The standard InChI is InChI=1S/C26H30N4O2/c1-18-8-9-22(16-21(18)4)23-10-11-24(28-27-23)29-12-14-30(15-13-29)25(31)17-32-26-19(2)6-5-7-20(26)3/h5-11,16H,12-15,17H2,1-4H3. The van der Waals surface area contributed by atoms with Gasteiger partial charge in [-0.05, 0) is 68.1 Å². The number of aromatic nitrogens is 2. The van der Waals surface area contributed by atoms with E-state index in [0.29, 0.717) is 13.1 Å². The van der Waals surface area contributed by atoms with Gasteiger partial charge in [0.25, 0.3) is 5.91 Å². The molecule has 0 bridgehead atoms. The lowest BCUT2D eigenvalue weighted by atomic mass is 10.0. The SMILES string of the molecule is Cc1ccc(-c2ccc(N3CCN(C(=O)COc4c(C)cccc4C)CC3)nn2)cc1C. The average molecular weight is 431 g/mol. The van der Waals surface area contributed by atoms with Crippen LogP contribution in [-0.4, -0.2) is 53.8 Å². The molecule has 0 N–H and O–H groups in total. The molecular formula is C26H30N4O2. The maximum absolute atomic E-state index is 12.6. The number of piperazine rings is 1. The molecule has 0 unspecified atom stereocenters. The van der Waals surface area contributed by atoms with Gasteiger partial charge in [-0.2, -0.15) is 0 Å². The lowest BCUT2D eigenvalue weighted by molar-refractivity contribution is -0.133. The Morgan fingerprint density at radius 1 is 0.844 bits per heavy atom. The molecule has 166 valence electrons. The van der Waals surface area contributed by atoms with Crippen LogP contribution in [0.3, 0.4) is 0 Å². The van der Waals surface area contributed by atoms with Gasteiger partial charge in [0.1, 0.15) is 5.75 Å². The Morgan fingerprint density at radius 3 is 2.19 bits per heavy atom. The molecule has 0 spiro atoms. The summed E-state index contributed by atoms with van der Waals surface area (Å²) in [5.74, 6) is 1.67. The number of nitrogens with zero attached hydrogens (tertiary/aromatic N) is 4. The van der Waals surface area contributed by atoms with E-state index in [1.807, 2.05) is 49.1 Å². The fraction of sp³-hybridized carbons (Fsp3) is 0.346. The molecule has 1 fully saturated rings. The van der Waals surface area contributed by atoms with Crippen LogP contribution in [0.4, 0.5) is 5.82 Å². The zero-order valence-electron chi connectivity index (χ0n) is 19.3. The number of carbonyl (C=O) groups excluding carboxylic acids is 1. The Kier molecular flexibility index (Phi) is 6.40. The van der Waals surface area contributed by atoms with Crippen LogP contribution in [0.15, 0.2) is 48.5 Å². The van der Waals surface area contributed by atoms with Crippen molar-refractivity contribution in [2.75, 3.05) is 37.7 Å². The van der Waals surface area contributed by atoms with Crippen LogP contribution in [0.25, 0.3) is 11.3 Å². The molecule has 1 aromatic heterocycles. The lowest BCUT2D eigenvalue weighted by Gasteiger charge is -2.35. The first kappa shape index (κ1) is 21.8. The summed E-state index contributed by atoms with van der Waals surface area (Å²) in [4.78, 5) is 16.7. The molecule has 0 radical (unpaired) electrons. The average Bonchev–Trinajstić information content (AvgIpc) is 2.81. The highest BCUT2D eigenvalue weighted by atomic mass is 16.5. The topological polar surface area (TPSA) is 58.6 Å². The second kappa shape index (κ2) is 9.39. The second-order valence-corrected chi connectivity index (χ2v) is 8.45. The second-order valence-electron chi connectivity index (χ2n) is 8.45. The fourth-order valence-corrected chi connectivity index (χ4v) is 3.99. The van der Waals surface area contributed by atoms with Crippen molar-refractivity contribution in [1.29, 1.82) is 0 Å². The van der Waals surface area contributed by atoms with Gasteiger partial charge in [-0.25, -0.2) is 0 Å². The Hall–Kier alpha value is -3.41. The van der Waals surface area contributed by atoms with Crippen molar-refractivity contribution in [1.82, 2.24) is 15.1 Å². The molecule has 0 atom stereocenters. The van der Waals surface area contributed by atoms with Crippen LogP contribution >= 0.6 is 0 Å². The van der Waals surface area contributed by atoms with Crippen molar-refractivity contribution < 1.29 is 9.53 Å². The highest BCUT2D eigenvalue weighted by molar-refractivity contribution is 5.78. The third kappa shape index (κ3) is 4.74. The van der Waals surface area contributed by atoms with E-state index in [1.165, 1.54) is 11.1 Å². The molecule has 1 saturated heterocycles. The van der Waals surface area contributed by atoms with Crippen LogP contribution in [-0.2, 0) is 4.79 Å². The number of benzene rings is 2. The number of rotatable bonds is 5. The number of aryl methyl sites for hydroxylation is 4. The summed E-state index contributed by atoms with van der Waals surface area (Å²) in [6.07, 6.45) is 0. The predicted molar refractivity (Wildman–Crippen MR) is 127 cm³/mol. The van der Waals surface area contributed by atoms with E-state index >= 15 is 0 Å². The highest BCUT2D eigenvalue weighted by Gasteiger charge is 2.23. The van der Waals surface area contributed by atoms with Crippen LogP contribution in [0.2, 0.25) is 0 Å². The summed E-state index contributed by atoms with van der Waals surface area (Å²) >= 11 is 0. The van der Waals surface area contributed by atoms with Gasteiger partial charge in [-0.1, -0.05) is 30.3 Å². The van der Waals surface area contributed by atoms with Crippen LogP contribution in [0, 0.1) is 27.7 Å². The molecular weight excluding hydrogens is 400 g/mol. The number of amides is 1. The van der Waals surface area contributed by atoms with Gasteiger partial charge in [0.05, 0.1) is 5.69 Å². The van der Waals surface area contributed by atoms with E-state index in [4.69, 9.17) is 4.74 Å². The lowest BCUT2D eigenvalue weighted by Crippen LogP contribution is -2.50. The molecule has 2 heterocycles. The molecule has 1 amide bonds. The molecule has 6 heteroatoms. The largest absolute Gasteiger partial charge is 0.483 e. The molecule has 32 heavy (non-hydrogen) atoms. The van der Waals surface area contributed by atoms with Crippen LogP contribution in [0.1, 0.15) is 22.3 Å². The van der Waals surface area contributed by atoms with Gasteiger partial charge in [0.15, 0.2) is 12.4 Å². The zero-order valence-corrected chi connectivity index (χ0v) is 19.3. The van der Waals surface area contributed by atoms with Gasteiger partial charge in [0.2, 0.25) is 0 Å². The smallest absolute Gasteiger partial charge is 0.260 e. The van der Waals surface area contributed by atoms with E-state index in [0.717, 1.165) is 47.0 Å². The number of anilines is 1. The number of ether oxygens (including phenoxy) is 1. The fourth-order valence-electron chi connectivity index (χ4n) is 3.99. The summed E-state index contributed by atoms with van der Waals surface area (Å²) in [5.41, 5.74) is 6.55. The van der Waals surface area contributed by atoms with Crippen LogP contribution < -0.4 is 9.64 Å². The minimum Gasteiger partial charge on any atom is -0.483 e. The van der Waals surface area contributed by atoms with Gasteiger partial charge < -0.3 is 14.5 Å². The first-order chi connectivity index (χ1) is 15.4. The third-order valence-electron chi connectivity index (χ3n) is 6.16. The molecule has 0 aliphatic carbocycles. The summed E-state index contributed by atoms with van der Waals surface area (Å²) in [6, 6.07) is 16.4. The van der Waals surface area contributed by atoms with Gasteiger partial charge in [0, 0.05) is 31.7 Å². The van der Waals surface area contributed by atoms with Gasteiger partial charge in [-0.15, -0.1) is 10.2 Å². The Labute approximate surface area is 189 Å². The van der Waals surface area contributed by atoms with Crippen molar-refractivity contribution in [3.05, 3.63) is 70.8 Å². The maximum atomic E-state index is 12.6. The van der Waals surface area contributed by atoms with Crippen LogP contribution in [0.5, 0.6) is 5.75 Å². The minimum atomic E-state index is 0.0171. The first-order valence-corrected chi connectivity index (χ1v) is 11.1. The van der Waals surface area contributed by atoms with Gasteiger partial charge >= 0.3 is 0 Å². The highest BCUT2D eigenvalue weighted by Crippen LogP contribution is 2.23.